The van der Waals surface area contributed by atoms with Gasteiger partial charge in [0.15, 0.2) is 0 Å². The third-order valence-corrected chi connectivity index (χ3v) is 3.85. The summed E-state index contributed by atoms with van der Waals surface area (Å²) >= 11 is 0. The van der Waals surface area contributed by atoms with Crippen LogP contribution in [0.1, 0.15) is 43.7 Å². The first-order valence-corrected chi connectivity index (χ1v) is 6.50. The maximum Gasteiger partial charge on any atom is 0.220 e. The minimum atomic E-state index is 0.118. The van der Waals surface area contributed by atoms with E-state index in [9.17, 15) is 4.79 Å². The molecule has 1 fully saturated rings. The maximum atomic E-state index is 11.8. The van der Waals surface area contributed by atoms with E-state index in [0.29, 0.717) is 6.42 Å². The fourth-order valence-electron chi connectivity index (χ4n) is 2.65. The van der Waals surface area contributed by atoms with Gasteiger partial charge in [0.05, 0.1) is 0 Å². The first kappa shape index (κ1) is 12.2. The van der Waals surface area contributed by atoms with Gasteiger partial charge in [-0.1, -0.05) is 36.2 Å². The van der Waals surface area contributed by atoms with Crippen molar-refractivity contribution in [2.45, 2.75) is 44.9 Å². The third-order valence-electron chi connectivity index (χ3n) is 3.85. The SMILES string of the molecule is CCNC(=O)CC1(c2ccc(C)cc2)CCC1. The molecular formula is C15H21NO. The summed E-state index contributed by atoms with van der Waals surface area (Å²) in [5, 5.41) is 2.91. The van der Waals surface area contributed by atoms with E-state index >= 15 is 0 Å². The van der Waals surface area contributed by atoms with Crippen LogP contribution in [0, 0.1) is 6.92 Å². The minimum Gasteiger partial charge on any atom is -0.356 e. The lowest BCUT2D eigenvalue weighted by molar-refractivity contribution is -0.123. The summed E-state index contributed by atoms with van der Waals surface area (Å²) in [5.41, 5.74) is 2.73. The Labute approximate surface area is 103 Å². The van der Waals surface area contributed by atoms with Crippen LogP contribution in [0.2, 0.25) is 0 Å². The quantitative estimate of drug-likeness (QED) is 0.848. The van der Waals surface area contributed by atoms with Crippen molar-refractivity contribution in [1.82, 2.24) is 5.32 Å². The van der Waals surface area contributed by atoms with Crippen LogP contribution in [0.4, 0.5) is 0 Å². The van der Waals surface area contributed by atoms with Gasteiger partial charge in [-0.15, -0.1) is 0 Å². The largest absolute Gasteiger partial charge is 0.356 e. The lowest BCUT2D eigenvalue weighted by atomic mass is 9.62. The molecule has 0 bridgehead atoms. The Morgan fingerprint density at radius 3 is 2.41 bits per heavy atom. The molecule has 0 aliphatic heterocycles. The lowest BCUT2D eigenvalue weighted by Crippen LogP contribution is -2.40. The van der Waals surface area contributed by atoms with Gasteiger partial charge in [-0.2, -0.15) is 0 Å². The summed E-state index contributed by atoms with van der Waals surface area (Å²) in [6, 6.07) is 8.67. The molecule has 0 saturated heterocycles. The van der Waals surface area contributed by atoms with Crippen molar-refractivity contribution in [3.63, 3.8) is 0 Å². The molecule has 0 heterocycles. The molecular weight excluding hydrogens is 210 g/mol. The van der Waals surface area contributed by atoms with Crippen LogP contribution in [-0.4, -0.2) is 12.5 Å². The molecule has 1 N–H and O–H groups in total. The van der Waals surface area contributed by atoms with Gasteiger partial charge in [0, 0.05) is 18.4 Å². The summed E-state index contributed by atoms with van der Waals surface area (Å²) < 4.78 is 0. The number of aryl methyl sites for hydroxylation is 1. The zero-order valence-corrected chi connectivity index (χ0v) is 10.8. The van der Waals surface area contributed by atoms with Gasteiger partial charge in [0.1, 0.15) is 0 Å². The maximum absolute atomic E-state index is 11.8. The standard InChI is InChI=1S/C15H21NO/c1-3-16-14(17)11-15(9-4-10-15)13-7-5-12(2)6-8-13/h5-8H,3-4,9-11H2,1-2H3,(H,16,17). The Balaban J connectivity index is 2.14. The average molecular weight is 231 g/mol. The van der Waals surface area contributed by atoms with Crippen LogP contribution in [0.25, 0.3) is 0 Å². The normalized spacial score (nSPS) is 17.3. The second-order valence-electron chi connectivity index (χ2n) is 5.13. The topological polar surface area (TPSA) is 29.1 Å². The van der Waals surface area contributed by atoms with E-state index in [-0.39, 0.29) is 11.3 Å². The van der Waals surface area contributed by atoms with Gasteiger partial charge in [-0.05, 0) is 32.3 Å². The molecule has 0 aromatic heterocycles. The molecule has 92 valence electrons. The molecule has 1 amide bonds. The Bertz CT molecular complexity index is 390. The molecule has 0 unspecified atom stereocenters. The average Bonchev–Trinajstić information content (AvgIpc) is 2.25. The number of hydrogen-bond donors (Lipinski definition) is 1. The van der Waals surface area contributed by atoms with Gasteiger partial charge >= 0.3 is 0 Å². The summed E-state index contributed by atoms with van der Waals surface area (Å²) in [5.74, 6) is 0.188. The predicted molar refractivity (Wildman–Crippen MR) is 70.0 cm³/mol. The highest BCUT2D eigenvalue weighted by atomic mass is 16.1. The van der Waals surface area contributed by atoms with Crippen LogP contribution >= 0.6 is 0 Å². The Kier molecular flexibility index (Phi) is 3.51. The van der Waals surface area contributed by atoms with Gasteiger partial charge < -0.3 is 5.32 Å². The smallest absolute Gasteiger partial charge is 0.220 e. The van der Waals surface area contributed by atoms with Crippen LogP contribution in [-0.2, 0) is 10.2 Å². The van der Waals surface area contributed by atoms with Gasteiger partial charge in [-0.3, -0.25) is 4.79 Å². The molecule has 2 nitrogen and oxygen atoms in total. The Morgan fingerprint density at radius 1 is 1.29 bits per heavy atom. The van der Waals surface area contributed by atoms with Crippen molar-refractivity contribution in [2.24, 2.45) is 0 Å². The summed E-state index contributed by atoms with van der Waals surface area (Å²) in [4.78, 5) is 11.8. The van der Waals surface area contributed by atoms with Crippen molar-refractivity contribution < 1.29 is 4.79 Å². The number of nitrogens with one attached hydrogen (secondary N) is 1. The van der Waals surface area contributed by atoms with E-state index in [2.05, 4.69) is 36.5 Å². The summed E-state index contributed by atoms with van der Waals surface area (Å²) in [7, 11) is 0. The van der Waals surface area contributed by atoms with Gasteiger partial charge in [-0.25, -0.2) is 0 Å². The number of hydrogen-bond acceptors (Lipinski definition) is 1. The molecule has 1 aromatic carbocycles. The number of amides is 1. The molecule has 17 heavy (non-hydrogen) atoms. The summed E-state index contributed by atoms with van der Waals surface area (Å²) in [6.45, 7) is 4.79. The summed E-state index contributed by atoms with van der Waals surface area (Å²) in [6.07, 6.45) is 4.18. The van der Waals surface area contributed by atoms with E-state index in [1.165, 1.54) is 17.5 Å². The van der Waals surface area contributed by atoms with Crippen molar-refractivity contribution in [1.29, 1.82) is 0 Å². The molecule has 0 spiro atoms. The van der Waals surface area contributed by atoms with E-state index in [0.717, 1.165) is 19.4 Å². The van der Waals surface area contributed by atoms with Gasteiger partial charge in [0.25, 0.3) is 0 Å². The Morgan fingerprint density at radius 2 is 1.94 bits per heavy atom. The second-order valence-corrected chi connectivity index (χ2v) is 5.13. The predicted octanol–water partition coefficient (Wildman–Crippen LogP) is 2.94. The van der Waals surface area contributed by atoms with Gasteiger partial charge in [0.2, 0.25) is 5.91 Å². The van der Waals surface area contributed by atoms with E-state index in [1.807, 2.05) is 6.92 Å². The van der Waals surface area contributed by atoms with Crippen LogP contribution in [0.5, 0.6) is 0 Å². The first-order chi connectivity index (χ1) is 8.16. The third kappa shape index (κ3) is 2.51. The Hall–Kier alpha value is -1.31. The highest BCUT2D eigenvalue weighted by molar-refractivity contribution is 5.77. The van der Waals surface area contributed by atoms with Crippen LogP contribution < -0.4 is 5.32 Å². The van der Waals surface area contributed by atoms with E-state index < -0.39 is 0 Å². The zero-order valence-electron chi connectivity index (χ0n) is 10.8. The molecule has 0 atom stereocenters. The molecule has 1 aliphatic rings. The fraction of sp³-hybridized carbons (Fsp3) is 0.533. The molecule has 2 rings (SSSR count). The number of benzene rings is 1. The van der Waals surface area contributed by atoms with Crippen LogP contribution in [0.15, 0.2) is 24.3 Å². The first-order valence-electron chi connectivity index (χ1n) is 6.50. The molecule has 1 aliphatic carbocycles. The monoisotopic (exact) mass is 231 g/mol. The van der Waals surface area contributed by atoms with Crippen molar-refractivity contribution in [3.05, 3.63) is 35.4 Å². The fourth-order valence-corrected chi connectivity index (χ4v) is 2.65. The highest BCUT2D eigenvalue weighted by Crippen LogP contribution is 2.46. The van der Waals surface area contributed by atoms with Crippen molar-refractivity contribution in [3.8, 4) is 0 Å². The second kappa shape index (κ2) is 4.91. The van der Waals surface area contributed by atoms with Crippen LogP contribution in [0.3, 0.4) is 0 Å². The van der Waals surface area contributed by atoms with Crippen molar-refractivity contribution in [2.75, 3.05) is 6.54 Å². The zero-order chi connectivity index (χ0) is 12.3. The van der Waals surface area contributed by atoms with E-state index in [1.54, 1.807) is 0 Å². The minimum absolute atomic E-state index is 0.118. The molecule has 1 saturated carbocycles. The molecule has 2 heteroatoms. The van der Waals surface area contributed by atoms with E-state index in [4.69, 9.17) is 0 Å². The lowest BCUT2D eigenvalue weighted by Gasteiger charge is -2.42. The molecule has 1 aromatic rings. The van der Waals surface area contributed by atoms with Crippen molar-refractivity contribution >= 4 is 5.91 Å². The highest BCUT2D eigenvalue weighted by Gasteiger charge is 2.40. The number of carbonyl (C=O) groups excluding carboxylic acids is 1. The number of carbonyl (C=O) groups is 1. The number of rotatable bonds is 4. The molecule has 0 radical (unpaired) electrons.